The maximum atomic E-state index is 12.4. The minimum absolute atomic E-state index is 0.0247. The average molecular weight is 338 g/mol. The molecule has 0 fully saturated rings. The molecule has 1 atom stereocenters. The zero-order valence-electron chi connectivity index (χ0n) is 14.1. The number of nitriles is 1. The summed E-state index contributed by atoms with van der Waals surface area (Å²) < 4.78 is 6.62. The number of rotatable bonds is 3. The van der Waals surface area contributed by atoms with Crippen LogP contribution in [0.5, 0.6) is 5.75 Å². The molecule has 0 unspecified atom stereocenters. The Bertz CT molecular complexity index is 927. The number of aromatic nitrogens is 2. The lowest BCUT2D eigenvalue weighted by molar-refractivity contribution is -0.122. The van der Waals surface area contributed by atoms with Gasteiger partial charge in [0.25, 0.3) is 5.56 Å². The van der Waals surface area contributed by atoms with Gasteiger partial charge in [-0.25, -0.2) is 4.68 Å². The molecular weight excluding hydrogens is 320 g/mol. The van der Waals surface area contributed by atoms with E-state index in [1.807, 2.05) is 30.3 Å². The van der Waals surface area contributed by atoms with E-state index in [0.717, 1.165) is 16.0 Å². The molecule has 1 aromatic carbocycles. The van der Waals surface area contributed by atoms with Crippen LogP contribution in [0, 0.1) is 25.2 Å². The number of nitrogens with one attached hydrogen (secondary N) is 1. The van der Waals surface area contributed by atoms with Crippen LogP contribution in [0.15, 0.2) is 29.1 Å². The van der Waals surface area contributed by atoms with Crippen molar-refractivity contribution in [3.8, 4) is 11.8 Å². The van der Waals surface area contributed by atoms with Crippen LogP contribution in [-0.2, 0) is 11.3 Å². The maximum absolute atomic E-state index is 12.4. The smallest absolute Gasteiger partial charge is 0.285 e. The SMILES string of the molecule is Cc1nn(CC(=O)N[C@H]2CCOc3ccccc32)c(=O)c(C#N)c1C. The minimum atomic E-state index is -0.548. The van der Waals surface area contributed by atoms with Crippen LogP contribution in [-0.4, -0.2) is 22.3 Å². The molecule has 2 heterocycles. The molecule has 0 spiro atoms. The van der Waals surface area contributed by atoms with Crippen molar-refractivity contribution in [2.75, 3.05) is 6.61 Å². The molecule has 7 nitrogen and oxygen atoms in total. The Morgan fingerprint density at radius 3 is 2.96 bits per heavy atom. The largest absolute Gasteiger partial charge is 0.493 e. The fraction of sp³-hybridized carbons (Fsp3) is 0.333. The molecule has 0 saturated carbocycles. The molecule has 7 heteroatoms. The third-order valence-corrected chi connectivity index (χ3v) is 4.34. The van der Waals surface area contributed by atoms with E-state index in [4.69, 9.17) is 10.00 Å². The molecule has 1 aromatic heterocycles. The number of benzene rings is 1. The third-order valence-electron chi connectivity index (χ3n) is 4.34. The van der Waals surface area contributed by atoms with Crippen molar-refractivity contribution in [2.45, 2.75) is 32.9 Å². The van der Waals surface area contributed by atoms with Crippen molar-refractivity contribution in [3.63, 3.8) is 0 Å². The summed E-state index contributed by atoms with van der Waals surface area (Å²) >= 11 is 0. The van der Waals surface area contributed by atoms with Crippen LogP contribution in [0.1, 0.15) is 34.8 Å². The summed E-state index contributed by atoms with van der Waals surface area (Å²) in [6, 6.07) is 9.26. The van der Waals surface area contributed by atoms with Crippen LogP contribution in [0.2, 0.25) is 0 Å². The van der Waals surface area contributed by atoms with E-state index in [-0.39, 0.29) is 24.1 Å². The van der Waals surface area contributed by atoms with Crippen molar-refractivity contribution in [2.24, 2.45) is 0 Å². The molecule has 0 saturated heterocycles. The van der Waals surface area contributed by atoms with Gasteiger partial charge in [-0.05, 0) is 25.5 Å². The number of carbonyl (C=O) groups excluding carboxylic acids is 1. The second-order valence-corrected chi connectivity index (χ2v) is 5.96. The molecule has 2 aromatic rings. The van der Waals surface area contributed by atoms with E-state index in [1.54, 1.807) is 13.8 Å². The summed E-state index contributed by atoms with van der Waals surface area (Å²) in [6.45, 7) is 3.67. The van der Waals surface area contributed by atoms with Gasteiger partial charge < -0.3 is 10.1 Å². The van der Waals surface area contributed by atoms with Gasteiger partial charge in [0.05, 0.1) is 18.3 Å². The van der Waals surface area contributed by atoms with Crippen LogP contribution >= 0.6 is 0 Å². The Morgan fingerprint density at radius 1 is 1.44 bits per heavy atom. The van der Waals surface area contributed by atoms with Gasteiger partial charge in [-0.15, -0.1) is 0 Å². The second-order valence-electron chi connectivity index (χ2n) is 5.96. The van der Waals surface area contributed by atoms with Gasteiger partial charge in [0.1, 0.15) is 23.9 Å². The monoisotopic (exact) mass is 338 g/mol. The van der Waals surface area contributed by atoms with E-state index < -0.39 is 5.56 Å². The van der Waals surface area contributed by atoms with Crippen LogP contribution in [0.4, 0.5) is 0 Å². The highest BCUT2D eigenvalue weighted by Crippen LogP contribution is 2.31. The molecule has 0 radical (unpaired) electrons. The Labute approximate surface area is 144 Å². The van der Waals surface area contributed by atoms with Gasteiger partial charge in [-0.1, -0.05) is 18.2 Å². The summed E-state index contributed by atoms with van der Waals surface area (Å²) in [5.41, 5.74) is 1.49. The van der Waals surface area contributed by atoms with Gasteiger partial charge in [0, 0.05) is 12.0 Å². The van der Waals surface area contributed by atoms with E-state index >= 15 is 0 Å². The van der Waals surface area contributed by atoms with Gasteiger partial charge in [0.2, 0.25) is 5.91 Å². The fourth-order valence-corrected chi connectivity index (χ4v) is 2.88. The van der Waals surface area contributed by atoms with Crippen LogP contribution in [0.3, 0.4) is 0 Å². The van der Waals surface area contributed by atoms with Crippen molar-refractivity contribution in [3.05, 3.63) is 57.0 Å². The number of carbonyl (C=O) groups is 1. The fourth-order valence-electron chi connectivity index (χ4n) is 2.88. The van der Waals surface area contributed by atoms with E-state index in [1.165, 1.54) is 0 Å². The molecule has 1 aliphatic rings. The number of hydrogen-bond donors (Lipinski definition) is 1. The molecule has 128 valence electrons. The summed E-state index contributed by atoms with van der Waals surface area (Å²) in [5, 5.41) is 16.2. The lowest BCUT2D eigenvalue weighted by Crippen LogP contribution is -2.38. The molecular formula is C18H18N4O3. The first-order valence-corrected chi connectivity index (χ1v) is 8.00. The first-order chi connectivity index (χ1) is 12.0. The second kappa shape index (κ2) is 6.77. The van der Waals surface area contributed by atoms with E-state index in [2.05, 4.69) is 10.4 Å². The molecule has 1 aliphatic heterocycles. The summed E-state index contributed by atoms with van der Waals surface area (Å²) in [5.74, 6) is 0.427. The Hall–Kier alpha value is -3.14. The van der Waals surface area contributed by atoms with Gasteiger partial charge in [-0.2, -0.15) is 10.4 Å². The van der Waals surface area contributed by atoms with E-state index in [9.17, 15) is 9.59 Å². The van der Waals surface area contributed by atoms with Crippen LogP contribution in [0.25, 0.3) is 0 Å². The summed E-state index contributed by atoms with van der Waals surface area (Å²) in [7, 11) is 0. The predicted octanol–water partition coefficient (Wildman–Crippen LogP) is 1.37. The number of fused-ring (bicyclic) bond motifs is 1. The number of nitrogens with zero attached hydrogens (tertiary/aromatic N) is 3. The molecule has 1 N–H and O–H groups in total. The van der Waals surface area contributed by atoms with Crippen molar-refractivity contribution >= 4 is 5.91 Å². The summed E-state index contributed by atoms with van der Waals surface area (Å²) in [4.78, 5) is 24.7. The molecule has 0 bridgehead atoms. The number of para-hydroxylation sites is 1. The number of ether oxygens (including phenoxy) is 1. The average Bonchev–Trinajstić information content (AvgIpc) is 2.60. The lowest BCUT2D eigenvalue weighted by atomic mass is 10.0. The van der Waals surface area contributed by atoms with E-state index in [0.29, 0.717) is 24.3 Å². The van der Waals surface area contributed by atoms with Crippen LogP contribution < -0.4 is 15.6 Å². The topological polar surface area (TPSA) is 97.0 Å². The Morgan fingerprint density at radius 2 is 2.20 bits per heavy atom. The number of amides is 1. The Kier molecular flexibility index (Phi) is 4.52. The minimum Gasteiger partial charge on any atom is -0.493 e. The quantitative estimate of drug-likeness (QED) is 0.912. The first-order valence-electron chi connectivity index (χ1n) is 8.00. The number of hydrogen-bond acceptors (Lipinski definition) is 5. The highest BCUT2D eigenvalue weighted by atomic mass is 16.5. The third kappa shape index (κ3) is 3.24. The van der Waals surface area contributed by atoms with Gasteiger partial charge >= 0.3 is 0 Å². The predicted molar refractivity (Wildman–Crippen MR) is 90.1 cm³/mol. The Balaban J connectivity index is 1.80. The molecule has 0 aliphatic carbocycles. The standard InChI is InChI=1S/C18H18N4O3/c1-11-12(2)21-22(18(24)14(11)9-19)10-17(23)20-15-7-8-25-16-6-4-3-5-13(15)16/h3-6,15H,7-8,10H2,1-2H3,(H,20,23)/t15-/m0/s1. The maximum Gasteiger partial charge on any atom is 0.285 e. The van der Waals surface area contributed by atoms with Crippen molar-refractivity contribution in [1.82, 2.24) is 15.1 Å². The zero-order valence-corrected chi connectivity index (χ0v) is 14.1. The molecule has 25 heavy (non-hydrogen) atoms. The first kappa shape index (κ1) is 16.7. The van der Waals surface area contributed by atoms with Gasteiger partial charge in [0.15, 0.2) is 0 Å². The number of aryl methyl sites for hydroxylation is 1. The van der Waals surface area contributed by atoms with Gasteiger partial charge in [-0.3, -0.25) is 9.59 Å². The normalized spacial score (nSPS) is 15.6. The van der Waals surface area contributed by atoms with Crippen molar-refractivity contribution in [1.29, 1.82) is 5.26 Å². The molecule has 1 amide bonds. The highest BCUT2D eigenvalue weighted by Gasteiger charge is 2.23. The zero-order chi connectivity index (χ0) is 18.0. The summed E-state index contributed by atoms with van der Waals surface area (Å²) in [6.07, 6.45) is 0.654. The molecule has 3 rings (SSSR count). The lowest BCUT2D eigenvalue weighted by Gasteiger charge is -2.26. The van der Waals surface area contributed by atoms with Crippen molar-refractivity contribution < 1.29 is 9.53 Å². The highest BCUT2D eigenvalue weighted by molar-refractivity contribution is 5.76.